The summed E-state index contributed by atoms with van der Waals surface area (Å²) in [6, 6.07) is 11.1. The van der Waals surface area contributed by atoms with Crippen molar-refractivity contribution in [2.24, 2.45) is 0 Å². The molecule has 4 rings (SSSR count). The smallest absolute Gasteiger partial charge is 0.260 e. The Kier molecular flexibility index (Phi) is 7.62. The second-order valence-electron chi connectivity index (χ2n) is 8.06. The molecule has 1 saturated carbocycles. The van der Waals surface area contributed by atoms with E-state index in [1.54, 1.807) is 30.3 Å². The van der Waals surface area contributed by atoms with Crippen molar-refractivity contribution in [2.75, 3.05) is 56.8 Å². The van der Waals surface area contributed by atoms with Crippen LogP contribution in [0.2, 0.25) is 0 Å². The van der Waals surface area contributed by atoms with E-state index in [0.717, 1.165) is 31.7 Å². The molecule has 33 heavy (non-hydrogen) atoms. The van der Waals surface area contributed by atoms with Crippen LogP contribution in [0.3, 0.4) is 0 Å². The third-order valence-electron chi connectivity index (χ3n) is 5.67. The minimum absolute atomic E-state index is 0.0919. The normalized spacial score (nSPS) is 15.6. The van der Waals surface area contributed by atoms with Gasteiger partial charge in [-0.25, -0.2) is 4.98 Å². The highest BCUT2D eigenvalue weighted by Crippen LogP contribution is 2.29. The number of nitrogens with one attached hydrogen (secondary N) is 1. The fourth-order valence-electron chi connectivity index (χ4n) is 3.74. The molecule has 0 spiro atoms. The largest absolute Gasteiger partial charge is 0.493 e. The van der Waals surface area contributed by atoms with E-state index in [9.17, 15) is 9.59 Å². The van der Waals surface area contributed by atoms with Gasteiger partial charge in [0.15, 0.2) is 18.1 Å². The van der Waals surface area contributed by atoms with Crippen molar-refractivity contribution in [1.82, 2.24) is 9.88 Å². The van der Waals surface area contributed by atoms with Crippen molar-refractivity contribution in [2.45, 2.75) is 25.3 Å². The molecule has 176 valence electrons. The number of carbonyl (C=O) groups excluding carboxylic acids is 2. The van der Waals surface area contributed by atoms with Gasteiger partial charge in [0.1, 0.15) is 5.82 Å². The number of hydrogen-bond donors (Lipinski definition) is 1. The zero-order valence-corrected chi connectivity index (χ0v) is 18.9. The number of aromatic nitrogens is 1. The molecule has 0 bridgehead atoms. The van der Waals surface area contributed by atoms with E-state index in [-0.39, 0.29) is 30.9 Å². The summed E-state index contributed by atoms with van der Waals surface area (Å²) in [4.78, 5) is 33.6. The summed E-state index contributed by atoms with van der Waals surface area (Å²) in [6.07, 6.45) is 3.78. The molecule has 2 fully saturated rings. The van der Waals surface area contributed by atoms with Gasteiger partial charge in [0.05, 0.1) is 32.2 Å². The molecule has 9 heteroatoms. The van der Waals surface area contributed by atoms with Crippen LogP contribution in [0.25, 0.3) is 0 Å². The lowest BCUT2D eigenvalue weighted by molar-refractivity contribution is -0.134. The molecule has 0 radical (unpaired) electrons. The van der Waals surface area contributed by atoms with Crippen LogP contribution in [-0.4, -0.2) is 74.3 Å². The van der Waals surface area contributed by atoms with E-state index in [4.69, 9.17) is 14.2 Å². The molecule has 0 atom stereocenters. The Morgan fingerprint density at radius 1 is 1.15 bits per heavy atom. The van der Waals surface area contributed by atoms with E-state index in [0.29, 0.717) is 36.9 Å². The molecule has 1 N–H and O–H groups in total. The van der Waals surface area contributed by atoms with Gasteiger partial charge >= 0.3 is 0 Å². The molecule has 0 unspecified atom stereocenters. The molecular weight excluding hydrogens is 424 g/mol. The Morgan fingerprint density at radius 2 is 1.91 bits per heavy atom. The Labute approximate surface area is 193 Å². The number of para-hydroxylation sites is 2. The number of pyridine rings is 1. The zero-order chi connectivity index (χ0) is 23.0. The van der Waals surface area contributed by atoms with Gasteiger partial charge in [-0.2, -0.15) is 0 Å². The first-order valence-electron chi connectivity index (χ1n) is 11.3. The number of anilines is 2. The lowest BCUT2D eigenvalue weighted by Crippen LogP contribution is -2.38. The lowest BCUT2D eigenvalue weighted by Gasteiger charge is -2.27. The van der Waals surface area contributed by atoms with Crippen LogP contribution in [0.15, 0.2) is 42.6 Å². The van der Waals surface area contributed by atoms with Gasteiger partial charge < -0.3 is 29.3 Å². The van der Waals surface area contributed by atoms with Gasteiger partial charge in [-0.1, -0.05) is 12.1 Å². The summed E-state index contributed by atoms with van der Waals surface area (Å²) in [7, 11) is 1.56. The standard InChI is InChI=1S/C24H30N4O5/c1-31-20-4-2-3-5-21(20)33-17-24(30)28(19-7-8-19)11-10-23(29)26-18-6-9-22(25-16-18)27-12-14-32-15-13-27/h2-6,9,16,19H,7-8,10-15,17H2,1H3,(H,26,29). The molecular formula is C24H30N4O5. The predicted octanol–water partition coefficient (Wildman–Crippen LogP) is 2.33. The lowest BCUT2D eigenvalue weighted by atomic mass is 10.3. The van der Waals surface area contributed by atoms with Crippen LogP contribution in [0, 0.1) is 0 Å². The van der Waals surface area contributed by atoms with Gasteiger partial charge in [-0.05, 0) is 37.1 Å². The van der Waals surface area contributed by atoms with E-state index in [1.165, 1.54) is 0 Å². The van der Waals surface area contributed by atoms with Crippen LogP contribution >= 0.6 is 0 Å². The Hall–Kier alpha value is -3.33. The predicted molar refractivity (Wildman–Crippen MR) is 124 cm³/mol. The number of nitrogens with zero attached hydrogens (tertiary/aromatic N) is 3. The van der Waals surface area contributed by atoms with E-state index < -0.39 is 0 Å². The summed E-state index contributed by atoms with van der Waals surface area (Å²) in [5.41, 5.74) is 0.640. The van der Waals surface area contributed by atoms with Crippen LogP contribution < -0.4 is 19.7 Å². The Bertz CT molecular complexity index is 942. The summed E-state index contributed by atoms with van der Waals surface area (Å²) in [6.45, 7) is 3.27. The quantitative estimate of drug-likeness (QED) is 0.589. The molecule has 2 heterocycles. The molecule has 1 aliphatic heterocycles. The number of hydrogen-bond acceptors (Lipinski definition) is 7. The molecule has 1 aliphatic carbocycles. The van der Waals surface area contributed by atoms with Gasteiger partial charge in [-0.15, -0.1) is 0 Å². The van der Waals surface area contributed by atoms with Gasteiger partial charge in [0.2, 0.25) is 5.91 Å². The maximum Gasteiger partial charge on any atom is 0.260 e. The second-order valence-corrected chi connectivity index (χ2v) is 8.06. The SMILES string of the molecule is COc1ccccc1OCC(=O)N(CCC(=O)Nc1ccc(N2CCOCC2)nc1)C1CC1. The number of ether oxygens (including phenoxy) is 3. The minimum atomic E-state index is -0.153. The van der Waals surface area contributed by atoms with Crippen molar-refractivity contribution < 1.29 is 23.8 Å². The highest BCUT2D eigenvalue weighted by Gasteiger charge is 2.33. The summed E-state index contributed by atoms with van der Waals surface area (Å²) in [5, 5.41) is 2.87. The van der Waals surface area contributed by atoms with Gasteiger partial charge in [0, 0.05) is 32.1 Å². The molecule has 1 aromatic carbocycles. The first kappa shape index (κ1) is 22.8. The summed E-state index contributed by atoms with van der Waals surface area (Å²) >= 11 is 0. The summed E-state index contributed by atoms with van der Waals surface area (Å²) in [5.74, 6) is 1.69. The van der Waals surface area contributed by atoms with E-state index in [1.807, 2.05) is 24.3 Å². The second kappa shape index (κ2) is 11.0. The number of morpholine rings is 1. The van der Waals surface area contributed by atoms with Crippen molar-refractivity contribution in [3.63, 3.8) is 0 Å². The molecule has 2 aliphatic rings. The first-order chi connectivity index (χ1) is 16.1. The Balaban J connectivity index is 1.25. The number of carbonyl (C=O) groups is 2. The number of rotatable bonds is 10. The zero-order valence-electron chi connectivity index (χ0n) is 18.9. The maximum atomic E-state index is 12.8. The van der Waals surface area contributed by atoms with Crippen molar-refractivity contribution in [1.29, 1.82) is 0 Å². The van der Waals surface area contributed by atoms with Crippen molar-refractivity contribution in [3.8, 4) is 11.5 Å². The van der Waals surface area contributed by atoms with Crippen LogP contribution in [0.5, 0.6) is 11.5 Å². The monoisotopic (exact) mass is 454 g/mol. The average molecular weight is 455 g/mol. The van der Waals surface area contributed by atoms with Crippen molar-refractivity contribution >= 4 is 23.3 Å². The molecule has 2 amide bonds. The average Bonchev–Trinajstić information content (AvgIpc) is 3.69. The van der Waals surface area contributed by atoms with Gasteiger partial charge in [-0.3, -0.25) is 9.59 Å². The highest BCUT2D eigenvalue weighted by molar-refractivity contribution is 5.91. The first-order valence-corrected chi connectivity index (χ1v) is 11.3. The number of methoxy groups -OCH3 is 1. The highest BCUT2D eigenvalue weighted by atomic mass is 16.5. The van der Waals surface area contributed by atoms with Crippen molar-refractivity contribution in [3.05, 3.63) is 42.6 Å². The Morgan fingerprint density at radius 3 is 2.58 bits per heavy atom. The van der Waals surface area contributed by atoms with Crippen LogP contribution in [-0.2, 0) is 14.3 Å². The van der Waals surface area contributed by atoms with E-state index in [2.05, 4.69) is 15.2 Å². The van der Waals surface area contributed by atoms with Crippen LogP contribution in [0.4, 0.5) is 11.5 Å². The van der Waals surface area contributed by atoms with Crippen LogP contribution in [0.1, 0.15) is 19.3 Å². The fraction of sp³-hybridized carbons (Fsp3) is 0.458. The van der Waals surface area contributed by atoms with E-state index >= 15 is 0 Å². The number of amides is 2. The minimum Gasteiger partial charge on any atom is -0.493 e. The molecule has 9 nitrogen and oxygen atoms in total. The third-order valence-corrected chi connectivity index (χ3v) is 5.67. The molecule has 1 saturated heterocycles. The third kappa shape index (κ3) is 6.35. The molecule has 1 aromatic heterocycles. The summed E-state index contributed by atoms with van der Waals surface area (Å²) < 4.78 is 16.3. The van der Waals surface area contributed by atoms with Gasteiger partial charge in [0.25, 0.3) is 5.91 Å². The molecule has 2 aromatic rings. The number of benzene rings is 1. The fourth-order valence-corrected chi connectivity index (χ4v) is 3.74. The maximum absolute atomic E-state index is 12.8. The topological polar surface area (TPSA) is 93.2 Å².